The molecular weight excluding hydrogens is 244 g/mol. The fourth-order valence-electron chi connectivity index (χ4n) is 2.30. The fourth-order valence-corrected chi connectivity index (χ4v) is 2.30. The van der Waals surface area contributed by atoms with Crippen molar-refractivity contribution in [2.75, 3.05) is 39.2 Å². The van der Waals surface area contributed by atoms with Crippen LogP contribution in [-0.4, -0.2) is 54.8 Å². The van der Waals surface area contributed by atoms with Crippen LogP contribution in [0.15, 0.2) is 6.07 Å². The number of nitrogens with zero attached hydrogens (tertiary/aromatic N) is 3. The van der Waals surface area contributed by atoms with Gasteiger partial charge in [-0.2, -0.15) is 9.97 Å². The third kappa shape index (κ3) is 3.96. The summed E-state index contributed by atoms with van der Waals surface area (Å²) >= 11 is 0. The van der Waals surface area contributed by atoms with Crippen LogP contribution in [0.3, 0.4) is 0 Å². The van der Waals surface area contributed by atoms with Gasteiger partial charge >= 0.3 is 0 Å². The Bertz CT molecular complexity index is 385. The molecule has 0 saturated carbocycles. The van der Waals surface area contributed by atoms with E-state index >= 15 is 0 Å². The van der Waals surface area contributed by atoms with Gasteiger partial charge in [0.15, 0.2) is 0 Å². The first kappa shape index (κ1) is 13.9. The van der Waals surface area contributed by atoms with Gasteiger partial charge in [-0.05, 0) is 32.9 Å². The summed E-state index contributed by atoms with van der Waals surface area (Å²) in [6.07, 6.45) is 2.60. The van der Waals surface area contributed by atoms with Crippen molar-refractivity contribution in [1.29, 1.82) is 0 Å². The molecule has 1 unspecified atom stereocenters. The highest BCUT2D eigenvalue weighted by Crippen LogP contribution is 2.18. The van der Waals surface area contributed by atoms with E-state index in [4.69, 9.17) is 9.47 Å². The van der Waals surface area contributed by atoms with Gasteiger partial charge in [-0.3, -0.25) is 0 Å². The molecule has 2 heterocycles. The molecule has 6 heteroatoms. The van der Waals surface area contributed by atoms with Crippen molar-refractivity contribution in [3.05, 3.63) is 6.07 Å². The van der Waals surface area contributed by atoms with Crippen molar-refractivity contribution in [1.82, 2.24) is 14.9 Å². The topological polar surface area (TPSA) is 59.5 Å². The average molecular weight is 266 g/mol. The van der Waals surface area contributed by atoms with E-state index in [0.29, 0.717) is 17.7 Å². The lowest BCUT2D eigenvalue weighted by Gasteiger charge is -2.21. The van der Waals surface area contributed by atoms with Crippen LogP contribution in [-0.2, 0) is 0 Å². The summed E-state index contributed by atoms with van der Waals surface area (Å²) in [5.74, 6) is 1.55. The molecule has 0 radical (unpaired) electrons. The number of methoxy groups -OCH3 is 2. The Labute approximate surface area is 114 Å². The summed E-state index contributed by atoms with van der Waals surface area (Å²) in [5.41, 5.74) is 0. The molecule has 1 aliphatic rings. The predicted molar refractivity (Wildman–Crippen MR) is 73.9 cm³/mol. The van der Waals surface area contributed by atoms with Gasteiger partial charge in [0.05, 0.1) is 20.3 Å². The van der Waals surface area contributed by atoms with E-state index in [1.165, 1.54) is 25.9 Å². The van der Waals surface area contributed by atoms with Crippen molar-refractivity contribution in [3.8, 4) is 11.8 Å². The van der Waals surface area contributed by atoms with Crippen LogP contribution in [0.2, 0.25) is 0 Å². The second-order valence-electron chi connectivity index (χ2n) is 4.83. The van der Waals surface area contributed by atoms with Crippen LogP contribution in [0.5, 0.6) is 11.8 Å². The Morgan fingerprint density at radius 2 is 1.79 bits per heavy atom. The van der Waals surface area contributed by atoms with E-state index in [2.05, 4.69) is 27.1 Å². The van der Waals surface area contributed by atoms with E-state index in [-0.39, 0.29) is 6.04 Å². The maximum Gasteiger partial charge on any atom is 0.229 e. The number of rotatable bonds is 6. The molecule has 1 fully saturated rings. The number of aromatic nitrogens is 2. The zero-order valence-electron chi connectivity index (χ0n) is 11.8. The van der Waals surface area contributed by atoms with E-state index in [0.717, 1.165) is 6.54 Å². The van der Waals surface area contributed by atoms with Crippen LogP contribution >= 0.6 is 0 Å². The third-order valence-electron chi connectivity index (χ3n) is 3.20. The Kier molecular flexibility index (Phi) is 4.79. The first-order valence-electron chi connectivity index (χ1n) is 6.67. The Morgan fingerprint density at radius 3 is 2.32 bits per heavy atom. The number of likely N-dealkylation sites (tertiary alicyclic amines) is 1. The quantitative estimate of drug-likeness (QED) is 0.839. The van der Waals surface area contributed by atoms with Crippen LogP contribution in [0.1, 0.15) is 19.8 Å². The highest BCUT2D eigenvalue weighted by molar-refractivity contribution is 5.34. The molecule has 0 aliphatic carbocycles. The number of anilines is 1. The van der Waals surface area contributed by atoms with E-state index in [1.54, 1.807) is 20.3 Å². The lowest BCUT2D eigenvalue weighted by atomic mass is 10.3. The average Bonchev–Trinajstić information content (AvgIpc) is 2.90. The first-order chi connectivity index (χ1) is 9.21. The summed E-state index contributed by atoms with van der Waals surface area (Å²) in [4.78, 5) is 11.0. The lowest BCUT2D eigenvalue weighted by Crippen LogP contribution is -2.33. The van der Waals surface area contributed by atoms with E-state index in [9.17, 15) is 0 Å². The SMILES string of the molecule is COc1cc(OC)nc(NC(C)CN2CCCC2)n1. The third-order valence-corrected chi connectivity index (χ3v) is 3.20. The standard InChI is InChI=1S/C13H22N4O2/c1-10(9-17-6-4-5-7-17)14-13-15-11(18-2)8-12(16-13)19-3/h8,10H,4-7,9H2,1-3H3,(H,14,15,16). The number of hydrogen-bond donors (Lipinski definition) is 1. The summed E-state index contributed by atoms with van der Waals surface area (Å²) in [6.45, 7) is 5.51. The Balaban J connectivity index is 1.96. The second-order valence-corrected chi connectivity index (χ2v) is 4.83. The zero-order valence-corrected chi connectivity index (χ0v) is 11.8. The summed E-state index contributed by atoms with van der Waals surface area (Å²) < 4.78 is 10.3. The zero-order chi connectivity index (χ0) is 13.7. The van der Waals surface area contributed by atoms with Crippen molar-refractivity contribution >= 4 is 5.95 Å². The molecule has 106 valence electrons. The molecule has 1 aromatic rings. The van der Waals surface area contributed by atoms with Gasteiger partial charge in [0.2, 0.25) is 17.7 Å². The van der Waals surface area contributed by atoms with Crippen molar-refractivity contribution in [2.45, 2.75) is 25.8 Å². The molecule has 1 aliphatic heterocycles. The van der Waals surface area contributed by atoms with Gasteiger partial charge in [-0.1, -0.05) is 0 Å². The van der Waals surface area contributed by atoms with Crippen LogP contribution in [0, 0.1) is 0 Å². The highest BCUT2D eigenvalue weighted by Gasteiger charge is 2.15. The minimum absolute atomic E-state index is 0.287. The molecule has 1 N–H and O–H groups in total. The Morgan fingerprint density at radius 1 is 1.21 bits per heavy atom. The van der Waals surface area contributed by atoms with Gasteiger partial charge in [0, 0.05) is 12.6 Å². The molecule has 1 aromatic heterocycles. The van der Waals surface area contributed by atoms with Gasteiger partial charge in [0.1, 0.15) is 0 Å². The molecule has 2 rings (SSSR count). The van der Waals surface area contributed by atoms with Crippen LogP contribution in [0.25, 0.3) is 0 Å². The molecule has 0 bridgehead atoms. The predicted octanol–water partition coefficient (Wildman–Crippen LogP) is 1.39. The fraction of sp³-hybridized carbons (Fsp3) is 0.692. The maximum absolute atomic E-state index is 5.13. The number of ether oxygens (including phenoxy) is 2. The van der Waals surface area contributed by atoms with Crippen molar-refractivity contribution < 1.29 is 9.47 Å². The van der Waals surface area contributed by atoms with Crippen molar-refractivity contribution in [2.24, 2.45) is 0 Å². The van der Waals surface area contributed by atoms with Gasteiger partial charge in [-0.25, -0.2) is 0 Å². The van der Waals surface area contributed by atoms with E-state index in [1.807, 2.05) is 0 Å². The minimum atomic E-state index is 0.287. The van der Waals surface area contributed by atoms with Gasteiger partial charge in [-0.15, -0.1) is 0 Å². The monoisotopic (exact) mass is 266 g/mol. The van der Waals surface area contributed by atoms with E-state index < -0.39 is 0 Å². The molecule has 1 atom stereocenters. The van der Waals surface area contributed by atoms with Gasteiger partial charge in [0.25, 0.3) is 0 Å². The van der Waals surface area contributed by atoms with Crippen molar-refractivity contribution in [3.63, 3.8) is 0 Å². The molecule has 6 nitrogen and oxygen atoms in total. The number of hydrogen-bond acceptors (Lipinski definition) is 6. The highest BCUT2D eigenvalue weighted by atomic mass is 16.5. The maximum atomic E-state index is 5.13. The molecule has 0 amide bonds. The first-order valence-corrected chi connectivity index (χ1v) is 6.67. The smallest absolute Gasteiger partial charge is 0.229 e. The minimum Gasteiger partial charge on any atom is -0.481 e. The summed E-state index contributed by atoms with van der Waals surface area (Å²) in [5, 5.41) is 3.29. The largest absolute Gasteiger partial charge is 0.481 e. The molecule has 19 heavy (non-hydrogen) atoms. The molecule has 0 aromatic carbocycles. The number of nitrogens with one attached hydrogen (secondary N) is 1. The summed E-state index contributed by atoms with van der Waals surface area (Å²) in [7, 11) is 3.17. The molecule has 0 spiro atoms. The molecule has 1 saturated heterocycles. The van der Waals surface area contributed by atoms with Crippen LogP contribution in [0.4, 0.5) is 5.95 Å². The van der Waals surface area contributed by atoms with Crippen LogP contribution < -0.4 is 14.8 Å². The molecular formula is C13H22N4O2. The Hall–Kier alpha value is -1.56. The van der Waals surface area contributed by atoms with Gasteiger partial charge < -0.3 is 19.7 Å². The summed E-state index contributed by atoms with van der Waals surface area (Å²) in [6, 6.07) is 1.95. The lowest BCUT2D eigenvalue weighted by molar-refractivity contribution is 0.326. The second kappa shape index (κ2) is 6.56. The normalized spacial score (nSPS) is 17.2.